The first-order valence-electron chi connectivity index (χ1n) is 12.4. The van der Waals surface area contributed by atoms with E-state index in [4.69, 9.17) is 33.7 Å². The molecule has 6 nitrogen and oxygen atoms in total. The summed E-state index contributed by atoms with van der Waals surface area (Å²) in [5.74, 6) is 1.35. The number of nitrogens with zero attached hydrogens (tertiary/aromatic N) is 2. The molecule has 1 aliphatic heterocycles. The molecule has 1 atom stereocenters. The van der Waals surface area contributed by atoms with Gasteiger partial charge in [-0.15, -0.1) is 0 Å². The molecular formula is C28H30Cl2N4O2. The molecule has 3 N–H and O–H groups in total. The van der Waals surface area contributed by atoms with Crippen LogP contribution in [0, 0.1) is 5.92 Å². The fraction of sp³-hybridized carbons (Fsp3) is 0.357. The van der Waals surface area contributed by atoms with Crippen molar-refractivity contribution in [3.8, 4) is 16.9 Å². The topological polar surface area (TPSA) is 80.5 Å². The number of hydrogen-bond acceptors (Lipinski definition) is 5. The van der Waals surface area contributed by atoms with Crippen LogP contribution in [0.25, 0.3) is 11.1 Å². The first kappa shape index (κ1) is 24.9. The molecule has 2 aliphatic rings. The zero-order chi connectivity index (χ0) is 25.1. The highest BCUT2D eigenvalue weighted by Gasteiger charge is 2.27. The molecule has 8 heteroatoms. The SMILES string of the molecule is Nc1ncc(-c2ccc(C(=O)N3CCCC(CNC4CC4)C3)cc2)cc1OCc1c(Cl)cccc1Cl. The summed E-state index contributed by atoms with van der Waals surface area (Å²) in [5, 5.41) is 4.67. The molecule has 3 aromatic rings. The van der Waals surface area contributed by atoms with Crippen LogP contribution in [0.15, 0.2) is 54.7 Å². The summed E-state index contributed by atoms with van der Waals surface area (Å²) in [4.78, 5) is 19.4. The number of ether oxygens (including phenoxy) is 1. The molecule has 2 fully saturated rings. The van der Waals surface area contributed by atoms with Gasteiger partial charge in [0.25, 0.3) is 5.91 Å². The van der Waals surface area contributed by atoms with Gasteiger partial charge in [0.15, 0.2) is 11.6 Å². The van der Waals surface area contributed by atoms with Gasteiger partial charge in [-0.05, 0) is 74.0 Å². The van der Waals surface area contributed by atoms with Crippen molar-refractivity contribution in [3.63, 3.8) is 0 Å². The number of nitrogens with two attached hydrogens (primary N) is 1. The third-order valence-corrected chi connectivity index (χ3v) is 7.57. The molecule has 1 amide bonds. The Morgan fingerprint density at radius 3 is 2.56 bits per heavy atom. The molecule has 1 aliphatic carbocycles. The van der Waals surface area contributed by atoms with Gasteiger partial charge in [0.05, 0.1) is 0 Å². The fourth-order valence-corrected chi connectivity index (χ4v) is 5.08. The second-order valence-electron chi connectivity index (χ2n) is 9.62. The lowest BCUT2D eigenvalue weighted by molar-refractivity contribution is 0.0673. The van der Waals surface area contributed by atoms with Crippen molar-refractivity contribution in [1.29, 1.82) is 0 Å². The maximum absolute atomic E-state index is 13.2. The van der Waals surface area contributed by atoms with Gasteiger partial charge in [-0.1, -0.05) is 41.4 Å². The lowest BCUT2D eigenvalue weighted by atomic mass is 9.97. The molecule has 0 spiro atoms. The number of likely N-dealkylation sites (tertiary alicyclic amines) is 1. The van der Waals surface area contributed by atoms with Gasteiger partial charge in [0.1, 0.15) is 6.61 Å². The standard InChI is InChI=1S/C28H30Cl2N4O2/c29-24-4-1-5-25(30)23(24)17-36-26-13-21(15-33-27(26)31)19-6-8-20(9-7-19)28(35)34-12-2-3-18(16-34)14-32-22-10-11-22/h1,4-9,13,15,18,22,32H,2-3,10-12,14,16-17H2,(H2,31,33). The van der Waals surface area contributed by atoms with E-state index in [0.29, 0.717) is 38.9 Å². The van der Waals surface area contributed by atoms with Crippen LogP contribution in [0.2, 0.25) is 10.0 Å². The zero-order valence-electron chi connectivity index (χ0n) is 20.1. The maximum Gasteiger partial charge on any atom is 0.253 e. The van der Waals surface area contributed by atoms with Gasteiger partial charge in [0, 0.05) is 52.1 Å². The quantitative estimate of drug-likeness (QED) is 0.388. The van der Waals surface area contributed by atoms with E-state index in [2.05, 4.69) is 10.3 Å². The molecule has 0 radical (unpaired) electrons. The average molecular weight is 525 g/mol. The molecule has 36 heavy (non-hydrogen) atoms. The molecule has 2 aromatic carbocycles. The van der Waals surface area contributed by atoms with Crippen molar-refractivity contribution in [2.24, 2.45) is 5.92 Å². The first-order chi connectivity index (χ1) is 17.5. The van der Waals surface area contributed by atoms with E-state index in [-0.39, 0.29) is 18.3 Å². The third-order valence-electron chi connectivity index (χ3n) is 6.86. The molecule has 5 rings (SSSR count). The van der Waals surface area contributed by atoms with Crippen LogP contribution < -0.4 is 15.8 Å². The minimum Gasteiger partial charge on any atom is -0.485 e. The summed E-state index contributed by atoms with van der Waals surface area (Å²) in [6, 6.07) is 15.5. The number of carbonyl (C=O) groups excluding carboxylic acids is 1. The second-order valence-corrected chi connectivity index (χ2v) is 10.4. The van der Waals surface area contributed by atoms with Crippen LogP contribution in [0.1, 0.15) is 41.6 Å². The Morgan fingerprint density at radius 2 is 1.83 bits per heavy atom. The van der Waals surface area contributed by atoms with Gasteiger partial charge in [0.2, 0.25) is 0 Å². The molecule has 188 valence electrons. The molecule has 2 heterocycles. The fourth-order valence-electron chi connectivity index (χ4n) is 4.57. The number of nitrogen functional groups attached to an aromatic ring is 1. The van der Waals surface area contributed by atoms with E-state index < -0.39 is 0 Å². The van der Waals surface area contributed by atoms with E-state index in [0.717, 1.165) is 37.2 Å². The van der Waals surface area contributed by atoms with E-state index in [1.54, 1.807) is 24.4 Å². The van der Waals surface area contributed by atoms with Crippen molar-refractivity contribution in [2.75, 3.05) is 25.4 Å². The Labute approximate surface area is 221 Å². The van der Waals surface area contributed by atoms with Crippen LogP contribution in [0.4, 0.5) is 5.82 Å². The Kier molecular flexibility index (Phi) is 7.65. The second kappa shape index (κ2) is 11.1. The summed E-state index contributed by atoms with van der Waals surface area (Å²) >= 11 is 12.5. The molecule has 0 bridgehead atoms. The highest BCUT2D eigenvalue weighted by Crippen LogP contribution is 2.31. The third kappa shape index (κ3) is 5.94. The lowest BCUT2D eigenvalue weighted by Gasteiger charge is -2.33. The maximum atomic E-state index is 13.2. The number of rotatable bonds is 8. The first-order valence-corrected chi connectivity index (χ1v) is 13.2. The minimum absolute atomic E-state index is 0.0914. The number of anilines is 1. The van der Waals surface area contributed by atoms with Crippen LogP contribution in [0.5, 0.6) is 5.75 Å². The van der Waals surface area contributed by atoms with Crippen LogP contribution in [0.3, 0.4) is 0 Å². The molecule has 1 saturated heterocycles. The minimum atomic E-state index is 0.0914. The van der Waals surface area contributed by atoms with E-state index in [1.807, 2.05) is 35.2 Å². The predicted octanol–water partition coefficient (Wildman–Crippen LogP) is 5.82. The van der Waals surface area contributed by atoms with Crippen molar-refractivity contribution in [2.45, 2.75) is 38.3 Å². The predicted molar refractivity (Wildman–Crippen MR) is 145 cm³/mol. The Hall–Kier alpha value is -2.80. The number of nitrogens with one attached hydrogen (secondary N) is 1. The highest BCUT2D eigenvalue weighted by atomic mass is 35.5. The number of hydrogen-bond donors (Lipinski definition) is 2. The van der Waals surface area contributed by atoms with Gasteiger partial charge in [-0.25, -0.2) is 4.98 Å². The number of halogens is 2. The van der Waals surface area contributed by atoms with Gasteiger partial charge < -0.3 is 20.7 Å². The van der Waals surface area contributed by atoms with Crippen molar-refractivity contribution >= 4 is 34.9 Å². The van der Waals surface area contributed by atoms with Crippen LogP contribution in [-0.2, 0) is 6.61 Å². The molecule has 1 aromatic heterocycles. The molecular weight excluding hydrogens is 495 g/mol. The Bertz CT molecular complexity index is 1210. The molecule has 1 unspecified atom stereocenters. The monoisotopic (exact) mass is 524 g/mol. The Balaban J connectivity index is 1.24. The summed E-state index contributed by atoms with van der Waals surface area (Å²) in [6.45, 7) is 2.82. The van der Waals surface area contributed by atoms with Gasteiger partial charge in [-0.3, -0.25) is 4.79 Å². The number of pyridine rings is 1. The van der Waals surface area contributed by atoms with Crippen molar-refractivity contribution in [3.05, 3.63) is 75.9 Å². The largest absolute Gasteiger partial charge is 0.485 e. The normalized spacial score (nSPS) is 17.7. The summed E-state index contributed by atoms with van der Waals surface area (Å²) in [7, 11) is 0. The Morgan fingerprint density at radius 1 is 1.08 bits per heavy atom. The number of benzene rings is 2. The van der Waals surface area contributed by atoms with Crippen molar-refractivity contribution < 1.29 is 9.53 Å². The summed E-state index contributed by atoms with van der Waals surface area (Å²) in [6.07, 6.45) is 6.51. The summed E-state index contributed by atoms with van der Waals surface area (Å²) < 4.78 is 5.91. The van der Waals surface area contributed by atoms with E-state index in [9.17, 15) is 4.79 Å². The van der Waals surface area contributed by atoms with E-state index >= 15 is 0 Å². The number of aromatic nitrogens is 1. The highest BCUT2D eigenvalue weighted by molar-refractivity contribution is 6.35. The van der Waals surface area contributed by atoms with Gasteiger partial charge >= 0.3 is 0 Å². The number of piperidine rings is 1. The van der Waals surface area contributed by atoms with Crippen LogP contribution >= 0.6 is 23.2 Å². The smallest absolute Gasteiger partial charge is 0.253 e. The number of carbonyl (C=O) groups is 1. The van der Waals surface area contributed by atoms with Crippen molar-refractivity contribution in [1.82, 2.24) is 15.2 Å². The average Bonchev–Trinajstić information content (AvgIpc) is 3.73. The zero-order valence-corrected chi connectivity index (χ0v) is 21.6. The lowest BCUT2D eigenvalue weighted by Crippen LogP contribution is -2.43. The van der Waals surface area contributed by atoms with Crippen LogP contribution in [-0.4, -0.2) is 41.5 Å². The van der Waals surface area contributed by atoms with E-state index in [1.165, 1.54) is 19.3 Å². The number of amides is 1. The summed E-state index contributed by atoms with van der Waals surface area (Å²) in [5.41, 5.74) is 9.20. The van der Waals surface area contributed by atoms with Gasteiger partial charge in [-0.2, -0.15) is 0 Å². The molecule has 1 saturated carbocycles.